The number of carboxylic acids is 1. The van der Waals surface area contributed by atoms with Gasteiger partial charge >= 0.3 is 12.1 Å². The molecule has 2 unspecified atom stereocenters. The van der Waals surface area contributed by atoms with Crippen molar-refractivity contribution < 1.29 is 23.1 Å². The average Bonchev–Trinajstić information content (AvgIpc) is 3.03. The van der Waals surface area contributed by atoms with E-state index in [0.717, 1.165) is 17.4 Å². The lowest BCUT2D eigenvalue weighted by Crippen LogP contribution is -2.45. The maximum Gasteiger partial charge on any atom is 0.451 e. The molecule has 0 spiro atoms. The van der Waals surface area contributed by atoms with Crippen molar-refractivity contribution in [2.75, 3.05) is 6.54 Å². The molecule has 0 radical (unpaired) electrons. The van der Waals surface area contributed by atoms with E-state index < -0.39 is 23.9 Å². The van der Waals surface area contributed by atoms with Gasteiger partial charge in [0.2, 0.25) is 5.82 Å². The highest BCUT2D eigenvalue weighted by Gasteiger charge is 2.42. The predicted octanol–water partition coefficient (Wildman–Crippen LogP) is 1.37. The minimum absolute atomic E-state index is 0.123. The summed E-state index contributed by atoms with van der Waals surface area (Å²) in [6.07, 6.45) is -2.29. The first kappa shape index (κ1) is 14.3. The third-order valence-electron chi connectivity index (χ3n) is 4.30. The van der Waals surface area contributed by atoms with Gasteiger partial charge in [-0.05, 0) is 12.8 Å². The largest absolute Gasteiger partial charge is 0.481 e. The number of aromatic nitrogens is 3. The molecule has 2 atom stereocenters. The van der Waals surface area contributed by atoms with E-state index >= 15 is 0 Å². The molecule has 116 valence electrons. The van der Waals surface area contributed by atoms with Crippen LogP contribution in [0.4, 0.5) is 13.2 Å². The molecule has 9 heteroatoms. The smallest absolute Gasteiger partial charge is 0.451 e. The van der Waals surface area contributed by atoms with E-state index in [-0.39, 0.29) is 25.0 Å². The van der Waals surface area contributed by atoms with Gasteiger partial charge in [0.1, 0.15) is 5.82 Å². The van der Waals surface area contributed by atoms with Crippen LogP contribution in [0, 0.1) is 5.92 Å². The lowest BCUT2D eigenvalue weighted by molar-refractivity contribution is -0.148. The van der Waals surface area contributed by atoms with Crippen LogP contribution in [0.2, 0.25) is 0 Å². The number of carboxylic acid groups (broad SMARTS) is 1. The Labute approximate surface area is 118 Å². The maximum absolute atomic E-state index is 12.8. The number of aliphatic carboxylic acids is 1. The van der Waals surface area contributed by atoms with Crippen molar-refractivity contribution in [2.45, 2.75) is 44.6 Å². The fraction of sp³-hybridized carbons (Fsp3) is 0.750. The van der Waals surface area contributed by atoms with E-state index in [9.17, 15) is 23.1 Å². The van der Waals surface area contributed by atoms with E-state index in [2.05, 4.69) is 10.2 Å². The molecule has 1 fully saturated rings. The monoisotopic (exact) mass is 304 g/mol. The van der Waals surface area contributed by atoms with Gasteiger partial charge in [0.15, 0.2) is 0 Å². The summed E-state index contributed by atoms with van der Waals surface area (Å²) >= 11 is 0. The van der Waals surface area contributed by atoms with Gasteiger partial charge < -0.3 is 9.67 Å². The van der Waals surface area contributed by atoms with Gasteiger partial charge in [-0.15, -0.1) is 10.2 Å². The molecule has 0 bridgehead atoms. The first-order valence-corrected chi connectivity index (χ1v) is 6.84. The van der Waals surface area contributed by atoms with Crippen LogP contribution in [0.25, 0.3) is 0 Å². The molecular weight excluding hydrogens is 289 g/mol. The molecule has 3 rings (SSSR count). The average molecular weight is 304 g/mol. The Balaban J connectivity index is 1.79. The summed E-state index contributed by atoms with van der Waals surface area (Å²) in [4.78, 5) is 13.2. The van der Waals surface area contributed by atoms with Gasteiger partial charge in [-0.2, -0.15) is 13.2 Å². The summed E-state index contributed by atoms with van der Waals surface area (Å²) < 4.78 is 39.4. The van der Waals surface area contributed by atoms with Crippen molar-refractivity contribution in [1.82, 2.24) is 19.7 Å². The van der Waals surface area contributed by atoms with Crippen LogP contribution in [-0.4, -0.2) is 43.3 Å². The van der Waals surface area contributed by atoms with Gasteiger partial charge in [0.05, 0.1) is 12.5 Å². The van der Waals surface area contributed by atoms with Gasteiger partial charge in [-0.25, -0.2) is 0 Å². The van der Waals surface area contributed by atoms with Gasteiger partial charge in [0, 0.05) is 19.1 Å². The fourth-order valence-electron chi connectivity index (χ4n) is 3.33. The molecule has 0 amide bonds. The lowest BCUT2D eigenvalue weighted by Gasteiger charge is -2.34. The SMILES string of the molecule is O=C(O)C1CCCC1N1CCn2c(nnc2C(F)(F)F)C1. The summed E-state index contributed by atoms with van der Waals surface area (Å²) in [6, 6.07) is -0.123. The van der Waals surface area contributed by atoms with Crippen molar-refractivity contribution in [2.24, 2.45) is 5.92 Å². The van der Waals surface area contributed by atoms with E-state index in [4.69, 9.17) is 0 Å². The highest BCUT2D eigenvalue weighted by molar-refractivity contribution is 5.71. The molecule has 1 aromatic heterocycles. The first-order valence-electron chi connectivity index (χ1n) is 6.84. The number of halogens is 3. The molecule has 21 heavy (non-hydrogen) atoms. The van der Waals surface area contributed by atoms with Crippen molar-refractivity contribution in [3.8, 4) is 0 Å². The van der Waals surface area contributed by atoms with Crippen LogP contribution < -0.4 is 0 Å². The summed E-state index contributed by atoms with van der Waals surface area (Å²) in [5, 5.41) is 16.1. The third kappa shape index (κ3) is 2.50. The van der Waals surface area contributed by atoms with E-state index in [0.29, 0.717) is 13.0 Å². The Bertz CT molecular complexity index is 557. The minimum Gasteiger partial charge on any atom is -0.481 e. The Morgan fingerprint density at radius 1 is 1.24 bits per heavy atom. The zero-order valence-electron chi connectivity index (χ0n) is 11.2. The van der Waals surface area contributed by atoms with Crippen LogP contribution in [0.3, 0.4) is 0 Å². The Morgan fingerprint density at radius 3 is 2.67 bits per heavy atom. The zero-order valence-corrected chi connectivity index (χ0v) is 11.2. The number of hydrogen-bond acceptors (Lipinski definition) is 4. The van der Waals surface area contributed by atoms with Crippen molar-refractivity contribution in [3.05, 3.63) is 11.6 Å². The molecule has 2 heterocycles. The molecular formula is C12H15F3N4O2. The van der Waals surface area contributed by atoms with Crippen LogP contribution in [0.15, 0.2) is 0 Å². The number of fused-ring (bicyclic) bond motifs is 1. The predicted molar refractivity (Wildman–Crippen MR) is 64.2 cm³/mol. The van der Waals surface area contributed by atoms with Gasteiger partial charge in [-0.3, -0.25) is 9.69 Å². The number of rotatable bonds is 2. The summed E-state index contributed by atoms with van der Waals surface area (Å²) in [7, 11) is 0. The summed E-state index contributed by atoms with van der Waals surface area (Å²) in [5.74, 6) is -2.00. The van der Waals surface area contributed by atoms with Crippen LogP contribution in [-0.2, 0) is 24.1 Å². The lowest BCUT2D eigenvalue weighted by atomic mass is 10.0. The van der Waals surface area contributed by atoms with Crippen molar-refractivity contribution >= 4 is 5.97 Å². The molecule has 0 aromatic carbocycles. The Morgan fingerprint density at radius 2 is 2.00 bits per heavy atom. The standard InChI is InChI=1S/C12H15F3N4O2/c13-12(14,15)11-17-16-9-6-18(4-5-19(9)11)8-3-1-2-7(8)10(20)21/h7-8H,1-6H2,(H,20,21). The maximum atomic E-state index is 12.8. The van der Waals surface area contributed by atoms with Crippen molar-refractivity contribution in [1.29, 1.82) is 0 Å². The molecule has 1 saturated carbocycles. The zero-order chi connectivity index (χ0) is 15.2. The topological polar surface area (TPSA) is 71.2 Å². The number of hydrogen-bond donors (Lipinski definition) is 1. The second-order valence-corrected chi connectivity index (χ2v) is 5.50. The normalized spacial score (nSPS) is 26.8. The van der Waals surface area contributed by atoms with Gasteiger partial charge in [0.25, 0.3) is 0 Å². The first-order chi connectivity index (χ1) is 9.88. The Kier molecular flexibility index (Phi) is 3.39. The van der Waals surface area contributed by atoms with Crippen molar-refractivity contribution in [3.63, 3.8) is 0 Å². The number of alkyl halides is 3. The quantitative estimate of drug-likeness (QED) is 0.893. The second-order valence-electron chi connectivity index (χ2n) is 5.50. The minimum atomic E-state index is -4.51. The van der Waals surface area contributed by atoms with E-state index in [1.165, 1.54) is 0 Å². The van der Waals surface area contributed by atoms with E-state index in [1.54, 1.807) is 0 Å². The molecule has 1 aromatic rings. The molecule has 1 aliphatic carbocycles. The van der Waals surface area contributed by atoms with Crippen LogP contribution >= 0.6 is 0 Å². The van der Waals surface area contributed by atoms with Gasteiger partial charge in [-0.1, -0.05) is 6.42 Å². The summed E-state index contributed by atoms with van der Waals surface area (Å²) in [5.41, 5.74) is 0. The molecule has 0 saturated heterocycles. The highest BCUT2D eigenvalue weighted by Crippen LogP contribution is 2.34. The molecule has 2 aliphatic rings. The third-order valence-corrected chi connectivity index (χ3v) is 4.30. The highest BCUT2D eigenvalue weighted by atomic mass is 19.4. The fourth-order valence-corrected chi connectivity index (χ4v) is 3.33. The molecule has 1 N–H and O–H groups in total. The number of carbonyl (C=O) groups is 1. The van der Waals surface area contributed by atoms with Crippen LogP contribution in [0.1, 0.15) is 30.9 Å². The molecule has 1 aliphatic heterocycles. The second kappa shape index (κ2) is 4.97. The Hall–Kier alpha value is -1.64. The van der Waals surface area contributed by atoms with E-state index in [1.807, 2.05) is 4.90 Å². The van der Waals surface area contributed by atoms with Crippen LogP contribution in [0.5, 0.6) is 0 Å². The molecule has 6 nitrogen and oxygen atoms in total. The number of nitrogens with zero attached hydrogens (tertiary/aromatic N) is 4. The summed E-state index contributed by atoms with van der Waals surface area (Å²) in [6.45, 7) is 0.750.